The summed E-state index contributed by atoms with van der Waals surface area (Å²) in [7, 11) is 0. The van der Waals surface area contributed by atoms with Gasteiger partial charge < -0.3 is 0 Å². The minimum atomic E-state index is -0.506. The van der Waals surface area contributed by atoms with E-state index >= 15 is 0 Å². The van der Waals surface area contributed by atoms with E-state index in [0.717, 1.165) is 24.0 Å². The number of hydrogen-bond acceptors (Lipinski definition) is 3. The largest absolute Gasteiger partial charge is 0.295 e. The lowest BCUT2D eigenvalue weighted by Gasteiger charge is -2.34. The first kappa shape index (κ1) is 19.5. The Bertz CT molecular complexity index is 826. The van der Waals surface area contributed by atoms with E-state index in [1.165, 1.54) is 4.90 Å². The lowest BCUT2D eigenvalue weighted by atomic mass is 9.69. The number of rotatable bonds is 3. The van der Waals surface area contributed by atoms with Crippen LogP contribution in [-0.2, 0) is 19.8 Å². The van der Waals surface area contributed by atoms with Crippen molar-refractivity contribution < 1.29 is 14.4 Å². The van der Waals surface area contributed by atoms with E-state index in [2.05, 4.69) is 20.8 Å². The Morgan fingerprint density at radius 3 is 2.26 bits per heavy atom. The SMILES string of the molecule is CC(C)(C)c1ccccc1N1C(=O)CC(C(C)(C)C2=CC(=O)CCC2)C1=O. The molecule has 0 saturated carbocycles. The van der Waals surface area contributed by atoms with Gasteiger partial charge in [0.2, 0.25) is 11.8 Å². The average molecular weight is 367 g/mol. The molecule has 0 radical (unpaired) electrons. The highest BCUT2D eigenvalue weighted by Gasteiger charge is 2.49. The standard InChI is InChI=1S/C23H29NO3/c1-22(2,3)17-11-6-7-12-19(17)24-20(26)14-18(21(24)27)23(4,5)15-9-8-10-16(25)13-15/h6-7,11-13,18H,8-10,14H2,1-5H3. The van der Waals surface area contributed by atoms with Crippen molar-refractivity contribution in [1.29, 1.82) is 0 Å². The zero-order valence-corrected chi connectivity index (χ0v) is 17.0. The Hall–Kier alpha value is -2.23. The van der Waals surface area contributed by atoms with Crippen LogP contribution >= 0.6 is 0 Å². The molecule has 4 nitrogen and oxygen atoms in total. The Labute approximate surface area is 161 Å². The molecule has 0 aromatic heterocycles. The van der Waals surface area contributed by atoms with Crippen molar-refractivity contribution in [3.8, 4) is 0 Å². The number of allylic oxidation sites excluding steroid dienone is 2. The van der Waals surface area contributed by atoms with Crippen molar-refractivity contribution in [2.75, 3.05) is 4.90 Å². The number of carbonyl (C=O) groups excluding carboxylic acids is 3. The second kappa shape index (κ2) is 6.74. The second-order valence-electron chi connectivity index (χ2n) is 9.30. The van der Waals surface area contributed by atoms with Gasteiger partial charge in [-0.15, -0.1) is 0 Å². The minimum absolute atomic E-state index is 0.121. The summed E-state index contributed by atoms with van der Waals surface area (Å²) in [4.78, 5) is 39.5. The van der Waals surface area contributed by atoms with E-state index < -0.39 is 11.3 Å². The third-order valence-corrected chi connectivity index (χ3v) is 6.00. The fourth-order valence-corrected chi connectivity index (χ4v) is 4.28. The maximum Gasteiger partial charge on any atom is 0.238 e. The van der Waals surface area contributed by atoms with Crippen LogP contribution in [0.5, 0.6) is 0 Å². The van der Waals surface area contributed by atoms with Crippen LogP contribution in [0.15, 0.2) is 35.9 Å². The summed E-state index contributed by atoms with van der Waals surface area (Å²) < 4.78 is 0. The zero-order chi connectivity index (χ0) is 20.0. The highest BCUT2D eigenvalue weighted by Crippen LogP contribution is 2.46. The molecule has 27 heavy (non-hydrogen) atoms. The summed E-state index contributed by atoms with van der Waals surface area (Å²) in [5.74, 6) is -0.621. The van der Waals surface area contributed by atoms with Crippen molar-refractivity contribution in [3.63, 3.8) is 0 Å². The molecule has 1 atom stereocenters. The summed E-state index contributed by atoms with van der Waals surface area (Å²) in [6, 6.07) is 7.65. The molecular weight excluding hydrogens is 338 g/mol. The smallest absolute Gasteiger partial charge is 0.238 e. The van der Waals surface area contributed by atoms with Crippen molar-refractivity contribution in [1.82, 2.24) is 0 Å². The normalized spacial score (nSPS) is 21.7. The van der Waals surface area contributed by atoms with Gasteiger partial charge in [0, 0.05) is 12.8 Å². The Morgan fingerprint density at radius 1 is 0.963 bits per heavy atom. The molecule has 3 rings (SSSR count). The molecule has 0 bridgehead atoms. The first-order valence-corrected chi connectivity index (χ1v) is 9.73. The predicted molar refractivity (Wildman–Crippen MR) is 106 cm³/mol. The van der Waals surface area contributed by atoms with E-state index in [9.17, 15) is 14.4 Å². The van der Waals surface area contributed by atoms with Gasteiger partial charge >= 0.3 is 0 Å². The van der Waals surface area contributed by atoms with Crippen LogP contribution in [0.4, 0.5) is 5.69 Å². The van der Waals surface area contributed by atoms with Gasteiger partial charge in [0.05, 0.1) is 11.6 Å². The molecule has 144 valence electrons. The number of imide groups is 1. The number of anilines is 1. The lowest BCUT2D eigenvalue weighted by molar-refractivity contribution is -0.124. The molecule has 1 aromatic carbocycles. The first-order chi connectivity index (χ1) is 12.5. The van der Waals surface area contributed by atoms with Crippen LogP contribution < -0.4 is 4.90 Å². The van der Waals surface area contributed by atoms with Crippen LogP contribution in [0.3, 0.4) is 0 Å². The van der Waals surface area contributed by atoms with Gasteiger partial charge in [-0.25, -0.2) is 4.90 Å². The first-order valence-electron chi connectivity index (χ1n) is 9.73. The lowest BCUT2D eigenvalue weighted by Crippen LogP contribution is -2.37. The summed E-state index contributed by atoms with van der Waals surface area (Å²) in [6.45, 7) is 10.2. The summed E-state index contributed by atoms with van der Waals surface area (Å²) in [5, 5.41) is 0. The molecule has 1 aliphatic heterocycles. The van der Waals surface area contributed by atoms with E-state index in [1.807, 2.05) is 38.1 Å². The third kappa shape index (κ3) is 3.50. The van der Waals surface area contributed by atoms with Crippen LogP contribution in [-0.4, -0.2) is 17.6 Å². The molecule has 1 heterocycles. The highest BCUT2D eigenvalue weighted by molar-refractivity contribution is 6.21. The molecule has 0 N–H and O–H groups in total. The number of para-hydroxylation sites is 1. The van der Waals surface area contributed by atoms with E-state index in [0.29, 0.717) is 12.1 Å². The molecule has 1 fully saturated rings. The molecule has 1 unspecified atom stereocenters. The fraction of sp³-hybridized carbons (Fsp3) is 0.522. The van der Waals surface area contributed by atoms with E-state index in [1.54, 1.807) is 6.08 Å². The van der Waals surface area contributed by atoms with Gasteiger partial charge in [-0.05, 0) is 41.4 Å². The Kier molecular flexibility index (Phi) is 4.87. The van der Waals surface area contributed by atoms with Crippen molar-refractivity contribution >= 4 is 23.3 Å². The van der Waals surface area contributed by atoms with Crippen molar-refractivity contribution in [2.45, 2.75) is 65.7 Å². The molecule has 1 aromatic rings. The maximum atomic E-state index is 13.4. The van der Waals surface area contributed by atoms with E-state index in [4.69, 9.17) is 0 Å². The highest BCUT2D eigenvalue weighted by atomic mass is 16.2. The molecule has 1 saturated heterocycles. The molecule has 0 spiro atoms. The number of benzene rings is 1. The molecule has 2 aliphatic rings. The summed E-state index contributed by atoms with van der Waals surface area (Å²) in [6.07, 6.45) is 4.10. The average Bonchev–Trinajstić information content (AvgIpc) is 2.89. The maximum absolute atomic E-state index is 13.4. The number of nitrogens with zero attached hydrogens (tertiary/aromatic N) is 1. The topological polar surface area (TPSA) is 54.5 Å². The van der Waals surface area contributed by atoms with Gasteiger partial charge in [-0.3, -0.25) is 14.4 Å². The number of hydrogen-bond donors (Lipinski definition) is 0. The van der Waals surface area contributed by atoms with Gasteiger partial charge in [0.1, 0.15) is 0 Å². The molecule has 4 heteroatoms. The monoisotopic (exact) mass is 367 g/mol. The van der Waals surface area contributed by atoms with Crippen LogP contribution in [0.25, 0.3) is 0 Å². The number of amides is 2. The van der Waals surface area contributed by atoms with Crippen LogP contribution in [0, 0.1) is 11.3 Å². The fourth-order valence-electron chi connectivity index (χ4n) is 4.28. The number of carbonyl (C=O) groups is 3. The van der Waals surface area contributed by atoms with Gasteiger partial charge in [-0.1, -0.05) is 58.4 Å². The van der Waals surface area contributed by atoms with E-state index in [-0.39, 0.29) is 29.4 Å². The predicted octanol–water partition coefficient (Wildman–Crippen LogP) is 4.57. The summed E-state index contributed by atoms with van der Waals surface area (Å²) in [5.41, 5.74) is 1.98. The third-order valence-electron chi connectivity index (χ3n) is 6.00. The van der Waals surface area contributed by atoms with Crippen molar-refractivity contribution in [2.24, 2.45) is 11.3 Å². The quantitative estimate of drug-likeness (QED) is 0.736. The van der Waals surface area contributed by atoms with Crippen LogP contribution in [0.2, 0.25) is 0 Å². The van der Waals surface area contributed by atoms with Gasteiger partial charge in [0.25, 0.3) is 0 Å². The Balaban J connectivity index is 1.98. The molecule has 1 aliphatic carbocycles. The Morgan fingerprint density at radius 2 is 1.63 bits per heavy atom. The van der Waals surface area contributed by atoms with Gasteiger partial charge in [0.15, 0.2) is 5.78 Å². The molecule has 2 amide bonds. The molecular formula is C23H29NO3. The minimum Gasteiger partial charge on any atom is -0.295 e. The van der Waals surface area contributed by atoms with Gasteiger partial charge in [-0.2, -0.15) is 0 Å². The van der Waals surface area contributed by atoms with Crippen molar-refractivity contribution in [3.05, 3.63) is 41.5 Å². The van der Waals surface area contributed by atoms with Crippen LogP contribution in [0.1, 0.15) is 65.9 Å². The second-order valence-corrected chi connectivity index (χ2v) is 9.30. The summed E-state index contributed by atoms with van der Waals surface area (Å²) >= 11 is 0. The zero-order valence-electron chi connectivity index (χ0n) is 17.0. The number of ketones is 1.